The Labute approximate surface area is 114 Å². The van der Waals surface area contributed by atoms with Gasteiger partial charge in [-0.15, -0.1) is 0 Å². The molecule has 0 spiro atoms. The molecule has 20 heavy (non-hydrogen) atoms. The summed E-state index contributed by atoms with van der Waals surface area (Å²) in [5, 5.41) is 2.70. The molecule has 7 heteroatoms. The second-order valence-corrected chi connectivity index (χ2v) is 4.66. The summed E-state index contributed by atoms with van der Waals surface area (Å²) in [7, 11) is 0. The van der Waals surface area contributed by atoms with Crippen molar-refractivity contribution in [1.82, 2.24) is 10.2 Å². The maximum Gasteiger partial charge on any atom is 0.416 e. The third-order valence-corrected chi connectivity index (χ3v) is 3.31. The van der Waals surface area contributed by atoms with Crippen molar-refractivity contribution in [2.75, 3.05) is 19.6 Å². The minimum atomic E-state index is -4.35. The third kappa shape index (κ3) is 3.04. The Morgan fingerprint density at radius 3 is 2.50 bits per heavy atom. The van der Waals surface area contributed by atoms with Crippen molar-refractivity contribution in [3.05, 3.63) is 35.4 Å². The highest BCUT2D eigenvalue weighted by atomic mass is 19.4. The van der Waals surface area contributed by atoms with E-state index in [1.807, 2.05) is 0 Å². The smallest absolute Gasteiger partial charge is 0.336 e. The molecule has 3 N–H and O–H groups in total. The van der Waals surface area contributed by atoms with E-state index in [0.29, 0.717) is 31.6 Å². The van der Waals surface area contributed by atoms with Gasteiger partial charge in [0.2, 0.25) is 0 Å². The van der Waals surface area contributed by atoms with Crippen LogP contribution in [0.25, 0.3) is 0 Å². The Morgan fingerprint density at radius 2 is 1.95 bits per heavy atom. The first-order chi connectivity index (χ1) is 9.43. The number of alkyl halides is 3. The van der Waals surface area contributed by atoms with Crippen molar-refractivity contribution >= 4 is 6.03 Å². The fraction of sp³-hybridized carbons (Fsp3) is 0.462. The van der Waals surface area contributed by atoms with Crippen LogP contribution in [0.4, 0.5) is 18.0 Å². The van der Waals surface area contributed by atoms with Crippen LogP contribution in [0.5, 0.6) is 0 Å². The largest absolute Gasteiger partial charge is 0.416 e. The van der Waals surface area contributed by atoms with E-state index in [1.54, 1.807) is 4.90 Å². The molecule has 2 rings (SSSR count). The summed E-state index contributed by atoms with van der Waals surface area (Å²) in [6, 6.07) is 4.48. The second kappa shape index (κ2) is 5.70. The first kappa shape index (κ1) is 14.6. The molecule has 1 unspecified atom stereocenters. The Hall–Kier alpha value is -1.76. The zero-order chi connectivity index (χ0) is 14.8. The number of carbonyl (C=O) groups excluding carboxylic acids is 1. The standard InChI is InChI=1S/C13H16F3N3O/c14-13(15,16)10-4-2-9(3-5-10)11-8-18-12(20)19(11)7-1-6-17/h2-5,11H,1,6-8,17H2,(H,18,20). The molecule has 1 heterocycles. The lowest BCUT2D eigenvalue weighted by Gasteiger charge is -2.23. The second-order valence-electron chi connectivity index (χ2n) is 4.66. The van der Waals surface area contributed by atoms with Crippen LogP contribution in [0.1, 0.15) is 23.6 Å². The fourth-order valence-electron chi connectivity index (χ4n) is 2.25. The lowest BCUT2D eigenvalue weighted by molar-refractivity contribution is -0.137. The van der Waals surface area contributed by atoms with Gasteiger partial charge in [-0.3, -0.25) is 0 Å². The number of nitrogens with two attached hydrogens (primary N) is 1. The maximum atomic E-state index is 12.5. The van der Waals surface area contributed by atoms with Gasteiger partial charge in [-0.25, -0.2) is 4.79 Å². The molecule has 1 aromatic carbocycles. The van der Waals surface area contributed by atoms with Crippen LogP contribution in [0.2, 0.25) is 0 Å². The molecule has 1 aliphatic heterocycles. The van der Waals surface area contributed by atoms with E-state index in [9.17, 15) is 18.0 Å². The molecule has 110 valence electrons. The number of amides is 2. The Kier molecular flexibility index (Phi) is 4.17. The highest BCUT2D eigenvalue weighted by Gasteiger charge is 2.33. The third-order valence-electron chi connectivity index (χ3n) is 3.31. The van der Waals surface area contributed by atoms with Gasteiger partial charge in [0.05, 0.1) is 11.6 Å². The van der Waals surface area contributed by atoms with Gasteiger partial charge in [-0.1, -0.05) is 12.1 Å². The van der Waals surface area contributed by atoms with E-state index < -0.39 is 11.7 Å². The van der Waals surface area contributed by atoms with Crippen molar-refractivity contribution in [1.29, 1.82) is 0 Å². The SMILES string of the molecule is NCCCN1C(=O)NCC1c1ccc(C(F)(F)F)cc1. The minimum absolute atomic E-state index is 0.205. The normalized spacial score (nSPS) is 19.3. The number of halogens is 3. The van der Waals surface area contributed by atoms with E-state index in [0.717, 1.165) is 12.1 Å². The number of hydrogen-bond donors (Lipinski definition) is 2. The van der Waals surface area contributed by atoms with Crippen molar-refractivity contribution < 1.29 is 18.0 Å². The molecule has 1 saturated heterocycles. The summed E-state index contributed by atoms with van der Waals surface area (Å²) in [6.07, 6.45) is -3.69. The van der Waals surface area contributed by atoms with Gasteiger partial charge in [-0.05, 0) is 30.7 Å². The molecule has 1 aliphatic rings. The number of hydrogen-bond acceptors (Lipinski definition) is 2. The molecular weight excluding hydrogens is 271 g/mol. The average Bonchev–Trinajstić information content (AvgIpc) is 2.77. The van der Waals surface area contributed by atoms with Crippen LogP contribution >= 0.6 is 0 Å². The Balaban J connectivity index is 2.16. The number of rotatable bonds is 4. The quantitative estimate of drug-likeness (QED) is 0.891. The Morgan fingerprint density at radius 1 is 1.30 bits per heavy atom. The molecule has 1 atom stereocenters. The lowest BCUT2D eigenvalue weighted by Crippen LogP contribution is -2.31. The predicted molar refractivity (Wildman–Crippen MR) is 68.0 cm³/mol. The molecule has 0 bridgehead atoms. The highest BCUT2D eigenvalue weighted by Crippen LogP contribution is 2.31. The van der Waals surface area contributed by atoms with E-state index >= 15 is 0 Å². The van der Waals surface area contributed by atoms with E-state index in [2.05, 4.69) is 5.32 Å². The summed E-state index contributed by atoms with van der Waals surface area (Å²) in [4.78, 5) is 13.3. The molecule has 1 aromatic rings. The topological polar surface area (TPSA) is 58.4 Å². The minimum Gasteiger partial charge on any atom is -0.336 e. The van der Waals surface area contributed by atoms with Crippen LogP contribution in [-0.2, 0) is 6.18 Å². The summed E-state index contributed by atoms with van der Waals surface area (Å²) in [5.74, 6) is 0. The van der Waals surface area contributed by atoms with Gasteiger partial charge in [0.15, 0.2) is 0 Å². The van der Waals surface area contributed by atoms with E-state index in [1.165, 1.54) is 12.1 Å². The van der Waals surface area contributed by atoms with Crippen molar-refractivity contribution in [2.24, 2.45) is 5.73 Å². The van der Waals surface area contributed by atoms with Gasteiger partial charge in [0.25, 0.3) is 0 Å². The van der Waals surface area contributed by atoms with Gasteiger partial charge in [0, 0.05) is 13.1 Å². The van der Waals surface area contributed by atoms with E-state index in [-0.39, 0.29) is 12.1 Å². The molecule has 0 aromatic heterocycles. The van der Waals surface area contributed by atoms with Crippen molar-refractivity contribution in [3.63, 3.8) is 0 Å². The van der Waals surface area contributed by atoms with Crippen LogP contribution in [0, 0.1) is 0 Å². The fourth-order valence-corrected chi connectivity index (χ4v) is 2.25. The number of benzene rings is 1. The monoisotopic (exact) mass is 287 g/mol. The summed E-state index contributed by atoms with van der Waals surface area (Å²) >= 11 is 0. The zero-order valence-electron chi connectivity index (χ0n) is 10.8. The van der Waals surface area contributed by atoms with Gasteiger partial charge < -0.3 is 16.0 Å². The average molecular weight is 287 g/mol. The summed E-state index contributed by atoms with van der Waals surface area (Å²) in [5.41, 5.74) is 5.42. The molecule has 4 nitrogen and oxygen atoms in total. The van der Waals surface area contributed by atoms with Crippen LogP contribution < -0.4 is 11.1 Å². The molecule has 0 radical (unpaired) electrons. The zero-order valence-corrected chi connectivity index (χ0v) is 10.8. The molecular formula is C13H16F3N3O. The number of urea groups is 1. The number of nitrogens with one attached hydrogen (secondary N) is 1. The van der Waals surface area contributed by atoms with Gasteiger partial charge in [-0.2, -0.15) is 13.2 Å². The first-order valence-corrected chi connectivity index (χ1v) is 6.35. The maximum absolute atomic E-state index is 12.5. The van der Waals surface area contributed by atoms with Crippen molar-refractivity contribution in [2.45, 2.75) is 18.6 Å². The molecule has 1 fully saturated rings. The van der Waals surface area contributed by atoms with Crippen molar-refractivity contribution in [3.8, 4) is 0 Å². The lowest BCUT2D eigenvalue weighted by atomic mass is 10.0. The van der Waals surface area contributed by atoms with Crippen LogP contribution in [0.15, 0.2) is 24.3 Å². The Bertz CT molecular complexity index is 473. The summed E-state index contributed by atoms with van der Waals surface area (Å²) in [6.45, 7) is 1.35. The molecule has 0 saturated carbocycles. The number of nitrogens with zero attached hydrogens (tertiary/aromatic N) is 1. The van der Waals surface area contributed by atoms with E-state index in [4.69, 9.17) is 5.73 Å². The van der Waals surface area contributed by atoms with Crippen LogP contribution in [-0.4, -0.2) is 30.6 Å². The van der Waals surface area contributed by atoms with Gasteiger partial charge >= 0.3 is 12.2 Å². The van der Waals surface area contributed by atoms with Gasteiger partial charge in [0.1, 0.15) is 0 Å². The highest BCUT2D eigenvalue weighted by molar-refractivity contribution is 5.77. The molecule has 2 amide bonds. The summed E-state index contributed by atoms with van der Waals surface area (Å²) < 4.78 is 37.5. The van der Waals surface area contributed by atoms with Crippen LogP contribution in [0.3, 0.4) is 0 Å². The predicted octanol–water partition coefficient (Wildman–Crippen LogP) is 2.12. The number of carbonyl (C=O) groups is 1. The first-order valence-electron chi connectivity index (χ1n) is 6.35. The molecule has 0 aliphatic carbocycles.